The van der Waals surface area contributed by atoms with Crippen LogP contribution in [0.25, 0.3) is 17.2 Å². The predicted molar refractivity (Wildman–Crippen MR) is 159 cm³/mol. The number of thioether (sulfide) groups is 1. The zero-order valence-corrected chi connectivity index (χ0v) is 23.3. The van der Waals surface area contributed by atoms with E-state index in [1.165, 1.54) is 11.8 Å². The standard InChI is InChI=1S/C31H32ClN3O2S/c1-3-5-18-37-28-12-6-23(7-13-28)24-8-16-30(32)25(19-24)9-17-31(36)34-26-10-14-29(15-11-26)38-21-27-20-33-22-35(27)4-2/h6-17,19-20,22H,3-5,18,21H2,1-2H3,(H,34,36)/b17-9+. The van der Waals surface area contributed by atoms with E-state index < -0.39 is 0 Å². The Bertz CT molecular complexity index is 1360. The van der Waals surface area contributed by atoms with Crippen molar-refractivity contribution in [1.29, 1.82) is 0 Å². The lowest BCUT2D eigenvalue weighted by atomic mass is 10.0. The molecule has 7 heteroatoms. The maximum absolute atomic E-state index is 12.6. The number of anilines is 1. The molecule has 0 fully saturated rings. The molecule has 0 unspecified atom stereocenters. The predicted octanol–water partition coefficient (Wildman–Crippen LogP) is 8.35. The first-order chi connectivity index (χ1) is 18.6. The summed E-state index contributed by atoms with van der Waals surface area (Å²) >= 11 is 8.16. The summed E-state index contributed by atoms with van der Waals surface area (Å²) in [4.78, 5) is 17.9. The van der Waals surface area contributed by atoms with Crippen molar-refractivity contribution in [3.05, 3.63) is 102 Å². The fourth-order valence-electron chi connectivity index (χ4n) is 3.82. The molecule has 0 aliphatic heterocycles. The number of carbonyl (C=O) groups is 1. The van der Waals surface area contributed by atoms with Gasteiger partial charge in [-0.05, 0) is 84.6 Å². The Morgan fingerprint density at radius 1 is 1.05 bits per heavy atom. The van der Waals surface area contributed by atoms with Gasteiger partial charge in [0.15, 0.2) is 0 Å². The number of imidazole rings is 1. The number of carbonyl (C=O) groups excluding carboxylic acids is 1. The van der Waals surface area contributed by atoms with Crippen LogP contribution in [-0.2, 0) is 17.1 Å². The number of benzene rings is 3. The van der Waals surface area contributed by atoms with Gasteiger partial charge in [-0.1, -0.05) is 43.1 Å². The Morgan fingerprint density at radius 2 is 1.82 bits per heavy atom. The summed E-state index contributed by atoms with van der Waals surface area (Å²) in [7, 11) is 0. The third-order valence-corrected chi connectivity index (χ3v) is 7.40. The number of nitrogens with zero attached hydrogens (tertiary/aromatic N) is 2. The molecule has 3 aromatic carbocycles. The van der Waals surface area contributed by atoms with Crippen molar-refractivity contribution in [1.82, 2.24) is 9.55 Å². The van der Waals surface area contributed by atoms with Crippen molar-refractivity contribution in [2.45, 2.75) is 43.9 Å². The monoisotopic (exact) mass is 545 g/mol. The smallest absolute Gasteiger partial charge is 0.248 e. The molecule has 0 saturated carbocycles. The molecule has 5 nitrogen and oxygen atoms in total. The lowest BCUT2D eigenvalue weighted by Crippen LogP contribution is -2.07. The van der Waals surface area contributed by atoms with E-state index in [-0.39, 0.29) is 5.91 Å². The van der Waals surface area contributed by atoms with Crippen LogP contribution in [0.5, 0.6) is 5.75 Å². The Morgan fingerprint density at radius 3 is 2.55 bits per heavy atom. The highest BCUT2D eigenvalue weighted by Gasteiger charge is 2.06. The minimum atomic E-state index is -0.215. The Balaban J connectivity index is 1.33. The summed E-state index contributed by atoms with van der Waals surface area (Å²) in [5.74, 6) is 1.50. The van der Waals surface area contributed by atoms with Crippen molar-refractivity contribution in [3.8, 4) is 16.9 Å². The highest BCUT2D eigenvalue weighted by atomic mass is 35.5. The van der Waals surface area contributed by atoms with Gasteiger partial charge in [-0.3, -0.25) is 4.79 Å². The van der Waals surface area contributed by atoms with Crippen LogP contribution in [0.15, 0.2) is 90.2 Å². The third kappa shape index (κ3) is 7.76. The molecule has 0 aliphatic carbocycles. The number of aromatic nitrogens is 2. The van der Waals surface area contributed by atoms with E-state index in [9.17, 15) is 4.79 Å². The molecule has 1 N–H and O–H groups in total. The van der Waals surface area contributed by atoms with E-state index in [0.29, 0.717) is 5.02 Å². The molecular weight excluding hydrogens is 514 g/mol. The number of nitrogens with one attached hydrogen (secondary N) is 1. The molecule has 0 aliphatic rings. The number of unbranched alkanes of at least 4 members (excludes halogenated alkanes) is 1. The summed E-state index contributed by atoms with van der Waals surface area (Å²) in [5.41, 5.74) is 4.78. The Hall–Kier alpha value is -3.48. The zero-order valence-electron chi connectivity index (χ0n) is 21.7. The van der Waals surface area contributed by atoms with Crippen LogP contribution in [0.1, 0.15) is 37.9 Å². The third-order valence-electron chi connectivity index (χ3n) is 6.01. The maximum Gasteiger partial charge on any atom is 0.248 e. The second-order valence-electron chi connectivity index (χ2n) is 8.77. The van der Waals surface area contributed by atoms with Gasteiger partial charge in [0, 0.05) is 45.9 Å². The second-order valence-corrected chi connectivity index (χ2v) is 10.2. The van der Waals surface area contributed by atoms with Gasteiger partial charge in [-0.15, -0.1) is 11.8 Å². The van der Waals surface area contributed by atoms with Crippen LogP contribution in [0.3, 0.4) is 0 Å². The first-order valence-corrected chi connectivity index (χ1v) is 14.2. The van der Waals surface area contributed by atoms with Gasteiger partial charge < -0.3 is 14.6 Å². The van der Waals surface area contributed by atoms with E-state index in [1.54, 1.807) is 17.8 Å². The minimum Gasteiger partial charge on any atom is -0.494 e. The summed E-state index contributed by atoms with van der Waals surface area (Å²) < 4.78 is 7.89. The summed E-state index contributed by atoms with van der Waals surface area (Å²) in [5, 5.41) is 3.50. The second kappa shape index (κ2) is 13.9. The number of amides is 1. The number of hydrogen-bond donors (Lipinski definition) is 1. The number of aryl methyl sites for hydroxylation is 1. The molecule has 0 spiro atoms. The molecule has 0 atom stereocenters. The van der Waals surface area contributed by atoms with Gasteiger partial charge in [-0.2, -0.15) is 0 Å². The largest absolute Gasteiger partial charge is 0.494 e. The van der Waals surface area contributed by atoms with Crippen molar-refractivity contribution >= 4 is 41.0 Å². The van der Waals surface area contributed by atoms with Gasteiger partial charge in [0.2, 0.25) is 5.91 Å². The molecule has 1 aromatic heterocycles. The summed E-state index contributed by atoms with van der Waals surface area (Å²) in [6.07, 6.45) is 9.15. The lowest BCUT2D eigenvalue weighted by Gasteiger charge is -2.08. The summed E-state index contributed by atoms with van der Waals surface area (Å²) in [6.45, 7) is 5.89. The number of halogens is 1. The van der Waals surface area contributed by atoms with E-state index in [4.69, 9.17) is 16.3 Å². The van der Waals surface area contributed by atoms with E-state index >= 15 is 0 Å². The minimum absolute atomic E-state index is 0.215. The fraction of sp³-hybridized carbons (Fsp3) is 0.226. The average Bonchev–Trinajstić information content (AvgIpc) is 3.40. The van der Waals surface area contributed by atoms with Crippen molar-refractivity contribution in [2.24, 2.45) is 0 Å². The number of hydrogen-bond acceptors (Lipinski definition) is 4. The van der Waals surface area contributed by atoms with Crippen LogP contribution >= 0.6 is 23.4 Å². The topological polar surface area (TPSA) is 56.1 Å². The van der Waals surface area contributed by atoms with Gasteiger partial charge in [-0.25, -0.2) is 4.98 Å². The first-order valence-electron chi connectivity index (χ1n) is 12.8. The molecular formula is C31H32ClN3O2S. The van der Waals surface area contributed by atoms with Gasteiger partial charge in [0.05, 0.1) is 12.9 Å². The highest BCUT2D eigenvalue weighted by Crippen LogP contribution is 2.28. The Labute approximate surface area is 233 Å². The molecule has 0 radical (unpaired) electrons. The van der Waals surface area contributed by atoms with E-state index in [1.807, 2.05) is 79.3 Å². The van der Waals surface area contributed by atoms with Crippen molar-refractivity contribution in [2.75, 3.05) is 11.9 Å². The normalized spacial score (nSPS) is 11.1. The molecule has 38 heavy (non-hydrogen) atoms. The first kappa shape index (κ1) is 27.6. The SMILES string of the molecule is CCCCOc1ccc(-c2ccc(Cl)c(/C=C/C(=O)Nc3ccc(SCc4cncn4CC)cc3)c2)cc1. The van der Waals surface area contributed by atoms with Crippen LogP contribution in [0, 0.1) is 0 Å². The van der Waals surface area contributed by atoms with E-state index in [0.717, 1.165) is 64.8 Å². The number of ether oxygens (including phenoxy) is 1. The molecule has 196 valence electrons. The number of rotatable bonds is 12. The molecule has 0 saturated heterocycles. The highest BCUT2D eigenvalue weighted by molar-refractivity contribution is 7.98. The van der Waals surface area contributed by atoms with Crippen LogP contribution in [-0.4, -0.2) is 22.1 Å². The van der Waals surface area contributed by atoms with Gasteiger partial charge in [0.25, 0.3) is 0 Å². The van der Waals surface area contributed by atoms with Crippen LogP contribution in [0.4, 0.5) is 5.69 Å². The molecule has 1 heterocycles. The molecule has 4 aromatic rings. The molecule has 0 bridgehead atoms. The molecule has 1 amide bonds. The zero-order chi connectivity index (χ0) is 26.7. The quantitative estimate of drug-likeness (QED) is 0.110. The van der Waals surface area contributed by atoms with Gasteiger partial charge >= 0.3 is 0 Å². The maximum atomic E-state index is 12.6. The average molecular weight is 546 g/mol. The van der Waals surface area contributed by atoms with Gasteiger partial charge in [0.1, 0.15) is 5.75 Å². The van der Waals surface area contributed by atoms with Crippen LogP contribution in [0.2, 0.25) is 5.02 Å². The van der Waals surface area contributed by atoms with Crippen molar-refractivity contribution in [3.63, 3.8) is 0 Å². The van der Waals surface area contributed by atoms with E-state index in [2.05, 4.69) is 28.7 Å². The Kier molecular flexibility index (Phi) is 10.1. The van der Waals surface area contributed by atoms with Crippen molar-refractivity contribution < 1.29 is 9.53 Å². The van der Waals surface area contributed by atoms with Crippen LogP contribution < -0.4 is 10.1 Å². The molecule has 4 rings (SSSR count). The summed E-state index contributed by atoms with van der Waals surface area (Å²) in [6, 6.07) is 21.7. The fourth-order valence-corrected chi connectivity index (χ4v) is 4.89. The lowest BCUT2D eigenvalue weighted by molar-refractivity contribution is -0.111.